The Morgan fingerprint density at radius 2 is 1.64 bits per heavy atom. The molecular weight excluding hydrogens is 329 g/mol. The molecule has 1 amide bonds. The molecule has 1 N–H and O–H groups in total. The number of para-hydroxylation sites is 1. The van der Waals surface area contributed by atoms with Crippen molar-refractivity contribution in [2.24, 2.45) is 0 Å². The highest BCUT2D eigenvalue weighted by atomic mass is 19.4. The van der Waals surface area contributed by atoms with E-state index in [2.05, 4.69) is 5.32 Å². The lowest BCUT2D eigenvalue weighted by Gasteiger charge is -2.27. The van der Waals surface area contributed by atoms with Crippen LogP contribution in [0.25, 0.3) is 0 Å². The second kappa shape index (κ2) is 8.05. The van der Waals surface area contributed by atoms with E-state index in [1.54, 1.807) is 4.90 Å². The van der Waals surface area contributed by atoms with E-state index >= 15 is 0 Å². The lowest BCUT2D eigenvalue weighted by molar-refractivity contribution is -0.137. The van der Waals surface area contributed by atoms with Crippen molar-refractivity contribution < 1.29 is 18.0 Å². The van der Waals surface area contributed by atoms with Crippen molar-refractivity contribution in [3.05, 3.63) is 65.7 Å². The first kappa shape index (κ1) is 18.8. The molecule has 0 bridgehead atoms. The molecule has 2 aromatic carbocycles. The summed E-state index contributed by atoms with van der Waals surface area (Å²) in [7, 11) is 0. The Labute approximate surface area is 145 Å². The average molecular weight is 350 g/mol. The maximum atomic E-state index is 13.0. The number of alkyl halides is 3. The summed E-state index contributed by atoms with van der Waals surface area (Å²) in [4.78, 5) is 14.1. The summed E-state index contributed by atoms with van der Waals surface area (Å²) in [5.74, 6) is -0.254. The molecule has 25 heavy (non-hydrogen) atoms. The maximum Gasteiger partial charge on any atom is 0.418 e. The third-order valence-corrected chi connectivity index (χ3v) is 3.80. The first-order valence-corrected chi connectivity index (χ1v) is 8.02. The van der Waals surface area contributed by atoms with Gasteiger partial charge in [-0.1, -0.05) is 42.5 Å². The Kier molecular flexibility index (Phi) is 6.07. The molecule has 0 spiro atoms. The molecule has 134 valence electrons. The molecule has 0 aliphatic rings. The SMILES string of the molecule is CC(C)N(Cc1ccccc1)C(=O)CNc1ccccc1C(F)(F)F. The highest BCUT2D eigenvalue weighted by molar-refractivity contribution is 5.81. The molecule has 0 aromatic heterocycles. The molecule has 6 heteroatoms. The molecule has 3 nitrogen and oxygen atoms in total. The summed E-state index contributed by atoms with van der Waals surface area (Å²) in [5.41, 5.74) is 0.106. The third kappa shape index (κ3) is 5.24. The number of hydrogen-bond donors (Lipinski definition) is 1. The van der Waals surface area contributed by atoms with Crippen molar-refractivity contribution in [1.82, 2.24) is 4.90 Å². The fraction of sp³-hybridized carbons (Fsp3) is 0.316. The lowest BCUT2D eigenvalue weighted by atomic mass is 10.1. The van der Waals surface area contributed by atoms with Gasteiger partial charge in [0, 0.05) is 18.3 Å². The zero-order chi connectivity index (χ0) is 18.4. The molecule has 0 unspecified atom stereocenters. The van der Waals surface area contributed by atoms with E-state index < -0.39 is 11.7 Å². The number of anilines is 1. The van der Waals surface area contributed by atoms with Crippen molar-refractivity contribution in [3.63, 3.8) is 0 Å². The van der Waals surface area contributed by atoms with Gasteiger partial charge in [0.15, 0.2) is 0 Å². The zero-order valence-electron chi connectivity index (χ0n) is 14.2. The van der Waals surface area contributed by atoms with Gasteiger partial charge in [-0.05, 0) is 31.5 Å². The monoisotopic (exact) mass is 350 g/mol. The number of hydrogen-bond acceptors (Lipinski definition) is 2. The molecule has 0 fully saturated rings. The smallest absolute Gasteiger partial charge is 0.376 e. The topological polar surface area (TPSA) is 32.3 Å². The van der Waals surface area contributed by atoms with Gasteiger partial charge in [-0.25, -0.2) is 0 Å². The molecule has 0 saturated carbocycles. The minimum atomic E-state index is -4.46. The Bertz CT molecular complexity index is 699. The number of rotatable bonds is 6. The predicted octanol–water partition coefficient (Wildman–Crippen LogP) is 4.55. The summed E-state index contributed by atoms with van der Waals surface area (Å²) in [6, 6.07) is 14.6. The van der Waals surface area contributed by atoms with Gasteiger partial charge in [-0.15, -0.1) is 0 Å². The van der Waals surface area contributed by atoms with Gasteiger partial charge >= 0.3 is 6.18 Å². The fourth-order valence-corrected chi connectivity index (χ4v) is 2.50. The number of amides is 1. The van der Waals surface area contributed by atoms with E-state index in [0.29, 0.717) is 6.54 Å². The van der Waals surface area contributed by atoms with E-state index in [1.165, 1.54) is 18.2 Å². The Balaban J connectivity index is 2.07. The van der Waals surface area contributed by atoms with Crippen LogP contribution in [0, 0.1) is 0 Å². The van der Waals surface area contributed by atoms with E-state index in [-0.39, 0.29) is 24.2 Å². The van der Waals surface area contributed by atoms with Gasteiger partial charge in [0.2, 0.25) is 5.91 Å². The van der Waals surface area contributed by atoms with Gasteiger partial charge < -0.3 is 10.2 Å². The van der Waals surface area contributed by atoms with Crippen LogP contribution < -0.4 is 5.32 Å². The van der Waals surface area contributed by atoms with Crippen molar-refractivity contribution in [2.75, 3.05) is 11.9 Å². The highest BCUT2D eigenvalue weighted by Crippen LogP contribution is 2.34. The number of nitrogens with one attached hydrogen (secondary N) is 1. The van der Waals surface area contributed by atoms with Crippen LogP contribution in [0.5, 0.6) is 0 Å². The van der Waals surface area contributed by atoms with Gasteiger partial charge in [0.1, 0.15) is 0 Å². The van der Waals surface area contributed by atoms with Crippen LogP contribution in [0.3, 0.4) is 0 Å². The highest BCUT2D eigenvalue weighted by Gasteiger charge is 2.33. The quantitative estimate of drug-likeness (QED) is 0.829. The number of halogens is 3. The molecule has 0 aliphatic carbocycles. The van der Waals surface area contributed by atoms with Crippen LogP contribution in [0.2, 0.25) is 0 Å². The number of benzene rings is 2. The number of nitrogens with zero attached hydrogens (tertiary/aromatic N) is 1. The van der Waals surface area contributed by atoms with Crippen molar-refractivity contribution in [3.8, 4) is 0 Å². The average Bonchev–Trinajstić information content (AvgIpc) is 2.57. The fourth-order valence-electron chi connectivity index (χ4n) is 2.50. The van der Waals surface area contributed by atoms with Gasteiger partial charge in [-0.2, -0.15) is 13.2 Å². The number of carbonyl (C=O) groups is 1. The van der Waals surface area contributed by atoms with Gasteiger partial charge in [0.25, 0.3) is 0 Å². The first-order valence-electron chi connectivity index (χ1n) is 8.02. The van der Waals surface area contributed by atoms with E-state index in [0.717, 1.165) is 11.6 Å². The van der Waals surface area contributed by atoms with Crippen molar-refractivity contribution in [2.45, 2.75) is 32.6 Å². The van der Waals surface area contributed by atoms with E-state index in [1.807, 2.05) is 44.2 Å². The molecule has 0 aliphatic heterocycles. The number of carbonyl (C=O) groups excluding carboxylic acids is 1. The minimum absolute atomic E-state index is 0.0626. The largest absolute Gasteiger partial charge is 0.418 e. The Morgan fingerprint density at radius 1 is 1.04 bits per heavy atom. The van der Waals surface area contributed by atoms with E-state index in [4.69, 9.17) is 0 Å². The van der Waals surface area contributed by atoms with Crippen molar-refractivity contribution in [1.29, 1.82) is 0 Å². The second-order valence-electron chi connectivity index (χ2n) is 6.00. The van der Waals surface area contributed by atoms with Gasteiger partial charge in [0.05, 0.1) is 12.1 Å². The molecule has 0 saturated heterocycles. The van der Waals surface area contributed by atoms with Crippen LogP contribution in [0.4, 0.5) is 18.9 Å². The van der Waals surface area contributed by atoms with Crippen LogP contribution in [-0.4, -0.2) is 23.4 Å². The van der Waals surface area contributed by atoms with Crippen LogP contribution >= 0.6 is 0 Å². The summed E-state index contributed by atoms with van der Waals surface area (Å²) in [6.45, 7) is 3.98. The molecule has 0 heterocycles. The molecule has 2 aromatic rings. The molecule has 0 atom stereocenters. The van der Waals surface area contributed by atoms with E-state index in [9.17, 15) is 18.0 Å². The normalized spacial score (nSPS) is 11.4. The second-order valence-corrected chi connectivity index (χ2v) is 6.00. The maximum absolute atomic E-state index is 13.0. The molecule has 0 radical (unpaired) electrons. The third-order valence-electron chi connectivity index (χ3n) is 3.80. The van der Waals surface area contributed by atoms with Crippen LogP contribution in [0.15, 0.2) is 54.6 Å². The first-order chi connectivity index (χ1) is 11.8. The van der Waals surface area contributed by atoms with Crippen molar-refractivity contribution >= 4 is 11.6 Å². The zero-order valence-corrected chi connectivity index (χ0v) is 14.2. The van der Waals surface area contributed by atoms with Gasteiger partial charge in [-0.3, -0.25) is 4.79 Å². The summed E-state index contributed by atoms with van der Waals surface area (Å²) in [6.07, 6.45) is -4.46. The molecular formula is C19H21F3N2O. The van der Waals surface area contributed by atoms with Crippen LogP contribution in [-0.2, 0) is 17.5 Å². The summed E-state index contributed by atoms with van der Waals surface area (Å²) < 4.78 is 39.0. The lowest BCUT2D eigenvalue weighted by Crippen LogP contribution is -2.40. The summed E-state index contributed by atoms with van der Waals surface area (Å²) >= 11 is 0. The van der Waals surface area contributed by atoms with Crippen LogP contribution in [0.1, 0.15) is 25.0 Å². The Hall–Kier alpha value is -2.50. The Morgan fingerprint density at radius 3 is 2.24 bits per heavy atom. The summed E-state index contributed by atoms with van der Waals surface area (Å²) in [5, 5.41) is 2.63. The molecule has 2 rings (SSSR count). The standard InChI is InChI=1S/C19H21F3N2O/c1-14(2)24(13-15-8-4-3-5-9-15)18(25)12-23-17-11-7-6-10-16(17)19(20,21)22/h3-11,14,23H,12-13H2,1-2H3. The predicted molar refractivity (Wildman–Crippen MR) is 92.1 cm³/mol. The minimum Gasteiger partial charge on any atom is -0.376 e.